The summed E-state index contributed by atoms with van der Waals surface area (Å²) < 4.78 is 2.60. The number of pyridine rings is 1. The Balaban J connectivity index is 1.53. The number of aryl methyl sites for hydroxylation is 2. The van der Waals surface area contributed by atoms with E-state index >= 15 is 0 Å². The third kappa shape index (κ3) is 2.52. The molecule has 4 rings (SSSR count). The summed E-state index contributed by atoms with van der Waals surface area (Å²) in [6.45, 7) is -0.0996. The molecule has 1 aliphatic rings. The monoisotopic (exact) mass is 308 g/mol. The van der Waals surface area contributed by atoms with Crippen LogP contribution < -0.4 is 11.0 Å². The van der Waals surface area contributed by atoms with Crippen molar-refractivity contribution in [2.75, 3.05) is 5.32 Å². The number of benzene rings is 1. The van der Waals surface area contributed by atoms with Gasteiger partial charge in [0.15, 0.2) is 5.65 Å². The summed E-state index contributed by atoms with van der Waals surface area (Å²) in [5.74, 6) is -0.256. The van der Waals surface area contributed by atoms with Gasteiger partial charge < -0.3 is 5.32 Å². The second kappa shape index (κ2) is 5.39. The van der Waals surface area contributed by atoms with E-state index in [0.29, 0.717) is 5.65 Å². The fraction of sp³-hybridized carbons (Fsp3) is 0.235. The van der Waals surface area contributed by atoms with Gasteiger partial charge in [0.1, 0.15) is 6.54 Å². The topological polar surface area (TPSA) is 68.4 Å². The molecule has 2 aromatic heterocycles. The van der Waals surface area contributed by atoms with Crippen LogP contribution in [0.1, 0.15) is 17.5 Å². The first-order valence-electron chi connectivity index (χ1n) is 7.66. The zero-order chi connectivity index (χ0) is 15.8. The zero-order valence-electron chi connectivity index (χ0n) is 12.5. The van der Waals surface area contributed by atoms with Crippen molar-refractivity contribution in [3.8, 4) is 0 Å². The molecule has 1 aromatic carbocycles. The normalized spacial score (nSPS) is 13.2. The smallest absolute Gasteiger partial charge is 0.324 e. The van der Waals surface area contributed by atoms with Crippen molar-refractivity contribution in [3.63, 3.8) is 0 Å². The van der Waals surface area contributed by atoms with E-state index in [9.17, 15) is 9.59 Å². The summed E-state index contributed by atoms with van der Waals surface area (Å²) in [5, 5.41) is 7.00. The van der Waals surface area contributed by atoms with Gasteiger partial charge in [0.25, 0.3) is 0 Å². The number of nitrogens with zero attached hydrogens (tertiary/aromatic N) is 3. The van der Waals surface area contributed by atoms with E-state index in [1.807, 2.05) is 12.1 Å². The highest BCUT2D eigenvalue weighted by molar-refractivity contribution is 5.90. The van der Waals surface area contributed by atoms with Crippen LogP contribution in [0.3, 0.4) is 0 Å². The lowest BCUT2D eigenvalue weighted by Gasteiger charge is -2.07. The third-order valence-electron chi connectivity index (χ3n) is 4.16. The second-order valence-electron chi connectivity index (χ2n) is 5.75. The van der Waals surface area contributed by atoms with E-state index in [1.165, 1.54) is 26.6 Å². The Morgan fingerprint density at radius 1 is 1.17 bits per heavy atom. The highest BCUT2D eigenvalue weighted by Gasteiger charge is 2.13. The van der Waals surface area contributed by atoms with Crippen LogP contribution in [0.4, 0.5) is 5.69 Å². The predicted molar refractivity (Wildman–Crippen MR) is 86.5 cm³/mol. The van der Waals surface area contributed by atoms with Crippen molar-refractivity contribution in [3.05, 3.63) is 64.2 Å². The molecule has 0 saturated heterocycles. The Bertz CT molecular complexity index is 955. The number of nitrogens with one attached hydrogen (secondary N) is 1. The van der Waals surface area contributed by atoms with E-state index in [-0.39, 0.29) is 18.1 Å². The number of hydrogen-bond acceptors (Lipinski definition) is 3. The molecule has 23 heavy (non-hydrogen) atoms. The van der Waals surface area contributed by atoms with Gasteiger partial charge in [-0.25, -0.2) is 9.48 Å². The second-order valence-corrected chi connectivity index (χ2v) is 5.75. The lowest BCUT2D eigenvalue weighted by Crippen LogP contribution is -2.28. The Kier molecular flexibility index (Phi) is 3.22. The van der Waals surface area contributed by atoms with Gasteiger partial charge in [-0.1, -0.05) is 12.1 Å². The van der Waals surface area contributed by atoms with Crippen LogP contribution in [0.2, 0.25) is 0 Å². The molecule has 1 amide bonds. The van der Waals surface area contributed by atoms with Gasteiger partial charge in [0.2, 0.25) is 5.91 Å². The molecule has 0 bridgehead atoms. The van der Waals surface area contributed by atoms with Crippen molar-refractivity contribution in [1.82, 2.24) is 14.2 Å². The molecular weight excluding hydrogens is 292 g/mol. The third-order valence-corrected chi connectivity index (χ3v) is 4.16. The van der Waals surface area contributed by atoms with Crippen molar-refractivity contribution in [2.24, 2.45) is 0 Å². The first-order valence-corrected chi connectivity index (χ1v) is 7.66. The largest absolute Gasteiger partial charge is 0.350 e. The molecule has 1 aliphatic carbocycles. The quantitative estimate of drug-likeness (QED) is 0.799. The minimum Gasteiger partial charge on any atom is -0.324 e. The molecule has 2 heterocycles. The maximum Gasteiger partial charge on any atom is 0.350 e. The molecule has 0 atom stereocenters. The zero-order valence-corrected chi connectivity index (χ0v) is 12.5. The van der Waals surface area contributed by atoms with E-state index in [2.05, 4.69) is 16.5 Å². The lowest BCUT2D eigenvalue weighted by molar-refractivity contribution is -0.117. The predicted octanol–water partition coefficient (Wildman–Crippen LogP) is 1.62. The van der Waals surface area contributed by atoms with Gasteiger partial charge in [0.05, 0.1) is 0 Å². The van der Waals surface area contributed by atoms with Crippen LogP contribution in [-0.4, -0.2) is 20.1 Å². The summed E-state index contributed by atoms with van der Waals surface area (Å²) in [4.78, 5) is 24.3. The maximum atomic E-state index is 12.2. The molecule has 0 saturated carbocycles. The molecular formula is C17H16N4O2. The van der Waals surface area contributed by atoms with Crippen molar-refractivity contribution in [2.45, 2.75) is 25.8 Å². The number of rotatable bonds is 3. The number of hydrogen-bond donors (Lipinski definition) is 1. The van der Waals surface area contributed by atoms with Gasteiger partial charge in [-0.05, 0) is 54.7 Å². The number of carbonyl (C=O) groups is 1. The summed E-state index contributed by atoms with van der Waals surface area (Å²) in [6.07, 6.45) is 4.98. The van der Waals surface area contributed by atoms with Crippen LogP contribution in [-0.2, 0) is 24.2 Å². The lowest BCUT2D eigenvalue weighted by atomic mass is 10.1. The van der Waals surface area contributed by atoms with Crippen molar-refractivity contribution in [1.29, 1.82) is 0 Å². The Morgan fingerprint density at radius 3 is 2.91 bits per heavy atom. The summed E-state index contributed by atoms with van der Waals surface area (Å²) in [5.41, 5.74) is 3.65. The fourth-order valence-corrected chi connectivity index (χ4v) is 3.06. The SMILES string of the molecule is O=C(Cn1nc2ccccn2c1=O)Nc1ccc2c(c1)CCC2. The van der Waals surface area contributed by atoms with Gasteiger partial charge in [-0.2, -0.15) is 0 Å². The van der Waals surface area contributed by atoms with Crippen LogP contribution in [0.15, 0.2) is 47.4 Å². The highest BCUT2D eigenvalue weighted by atomic mass is 16.2. The fourth-order valence-electron chi connectivity index (χ4n) is 3.06. The van der Waals surface area contributed by atoms with Crippen molar-refractivity contribution < 1.29 is 4.79 Å². The molecule has 0 radical (unpaired) electrons. The van der Waals surface area contributed by atoms with E-state index < -0.39 is 0 Å². The van der Waals surface area contributed by atoms with Gasteiger partial charge in [-0.15, -0.1) is 5.10 Å². The molecule has 116 valence electrons. The Morgan fingerprint density at radius 2 is 2.04 bits per heavy atom. The standard InChI is InChI=1S/C17H16N4O2/c22-16(18-14-8-7-12-4-3-5-13(12)10-14)11-21-17(23)20-9-2-1-6-15(20)19-21/h1-2,6-10H,3-5,11H2,(H,18,22). The van der Waals surface area contributed by atoms with Crippen LogP contribution in [0, 0.1) is 0 Å². The molecule has 6 nitrogen and oxygen atoms in total. The number of fused-ring (bicyclic) bond motifs is 2. The summed E-state index contributed by atoms with van der Waals surface area (Å²) >= 11 is 0. The van der Waals surface area contributed by atoms with Crippen molar-refractivity contribution >= 4 is 17.2 Å². The Hall–Kier alpha value is -2.89. The van der Waals surface area contributed by atoms with Crippen LogP contribution >= 0.6 is 0 Å². The van der Waals surface area contributed by atoms with Crippen LogP contribution in [0.25, 0.3) is 5.65 Å². The molecule has 0 unspecified atom stereocenters. The molecule has 0 aliphatic heterocycles. The number of carbonyl (C=O) groups excluding carboxylic acids is 1. The molecule has 6 heteroatoms. The molecule has 3 aromatic rings. The van der Waals surface area contributed by atoms with Gasteiger partial charge in [0, 0.05) is 11.9 Å². The van der Waals surface area contributed by atoms with Crippen LogP contribution in [0.5, 0.6) is 0 Å². The minimum absolute atomic E-state index is 0.0996. The summed E-state index contributed by atoms with van der Waals surface area (Å²) in [7, 11) is 0. The molecule has 0 spiro atoms. The van der Waals surface area contributed by atoms with Gasteiger partial charge >= 0.3 is 5.69 Å². The number of amides is 1. The molecule has 1 N–H and O–H groups in total. The maximum absolute atomic E-state index is 12.2. The first kappa shape index (κ1) is 13.8. The highest BCUT2D eigenvalue weighted by Crippen LogP contribution is 2.24. The van der Waals surface area contributed by atoms with Gasteiger partial charge in [-0.3, -0.25) is 9.20 Å². The first-order chi connectivity index (χ1) is 11.2. The molecule has 0 fully saturated rings. The van der Waals surface area contributed by atoms with E-state index in [1.54, 1.807) is 24.4 Å². The number of aromatic nitrogens is 3. The minimum atomic E-state index is -0.315. The average Bonchev–Trinajstić information content (AvgIpc) is 3.12. The average molecular weight is 308 g/mol. The van der Waals surface area contributed by atoms with E-state index in [4.69, 9.17) is 0 Å². The Labute approximate surface area is 132 Å². The van der Waals surface area contributed by atoms with E-state index in [0.717, 1.165) is 18.5 Å². The number of anilines is 1. The summed E-state index contributed by atoms with van der Waals surface area (Å²) in [6, 6.07) is 11.3.